The lowest BCUT2D eigenvalue weighted by Gasteiger charge is -2.11. The number of carbonyl (C=O) groups is 1. The zero-order chi connectivity index (χ0) is 14.3. The first-order valence-electron chi connectivity index (χ1n) is 6.81. The third kappa shape index (κ3) is 2.27. The predicted molar refractivity (Wildman–Crippen MR) is 79.3 cm³/mol. The first-order valence-corrected chi connectivity index (χ1v) is 7.19. The van der Waals surface area contributed by atoms with Gasteiger partial charge in [0, 0.05) is 16.5 Å². The predicted octanol–water partition coefficient (Wildman–Crippen LogP) is 4.12. The van der Waals surface area contributed by atoms with Gasteiger partial charge in [0.2, 0.25) is 0 Å². The minimum Gasteiger partial charge on any atom is -0.462 e. The third-order valence-electron chi connectivity index (χ3n) is 3.89. The van der Waals surface area contributed by atoms with Gasteiger partial charge in [0.05, 0.1) is 22.7 Å². The fraction of sp³-hybridized carbons (Fsp3) is 0.375. The van der Waals surface area contributed by atoms with Crippen molar-refractivity contribution in [3.63, 3.8) is 0 Å². The van der Waals surface area contributed by atoms with Crippen molar-refractivity contribution in [3.8, 4) is 0 Å². The molecule has 0 aliphatic heterocycles. The Balaban J connectivity index is 2.10. The Morgan fingerprint density at radius 3 is 2.80 bits per heavy atom. The molecule has 0 radical (unpaired) electrons. The van der Waals surface area contributed by atoms with Crippen LogP contribution in [-0.2, 0) is 10.2 Å². The lowest BCUT2D eigenvalue weighted by molar-refractivity contribution is 0.0526. The topological polar surface area (TPSA) is 39.2 Å². The molecule has 0 amide bonds. The van der Waals surface area contributed by atoms with E-state index >= 15 is 0 Å². The highest BCUT2D eigenvalue weighted by Crippen LogP contribution is 2.47. The Morgan fingerprint density at radius 1 is 1.40 bits per heavy atom. The van der Waals surface area contributed by atoms with Gasteiger partial charge in [0.25, 0.3) is 0 Å². The second-order valence-corrected chi connectivity index (χ2v) is 5.91. The Morgan fingerprint density at radius 2 is 2.15 bits per heavy atom. The van der Waals surface area contributed by atoms with Crippen molar-refractivity contribution in [2.75, 3.05) is 6.61 Å². The molecular weight excluding hydrogens is 274 g/mol. The molecule has 1 saturated carbocycles. The summed E-state index contributed by atoms with van der Waals surface area (Å²) in [7, 11) is 0. The van der Waals surface area contributed by atoms with Gasteiger partial charge in [-0.05, 0) is 38.0 Å². The van der Waals surface area contributed by atoms with Crippen molar-refractivity contribution in [1.82, 2.24) is 4.98 Å². The van der Waals surface area contributed by atoms with E-state index in [0.29, 0.717) is 17.2 Å². The largest absolute Gasteiger partial charge is 0.462 e. The summed E-state index contributed by atoms with van der Waals surface area (Å²) in [5, 5.41) is 1.56. The Labute approximate surface area is 122 Å². The number of aromatic nitrogens is 1. The van der Waals surface area contributed by atoms with Crippen LogP contribution in [-0.4, -0.2) is 17.6 Å². The molecule has 0 atom stereocenters. The van der Waals surface area contributed by atoms with E-state index in [4.69, 9.17) is 16.3 Å². The quantitative estimate of drug-likeness (QED) is 0.798. The molecule has 20 heavy (non-hydrogen) atoms. The number of rotatable bonds is 3. The van der Waals surface area contributed by atoms with Gasteiger partial charge < -0.3 is 4.74 Å². The van der Waals surface area contributed by atoms with E-state index < -0.39 is 0 Å². The monoisotopic (exact) mass is 289 g/mol. The highest BCUT2D eigenvalue weighted by molar-refractivity contribution is 6.35. The normalized spacial score (nSPS) is 16.1. The summed E-state index contributed by atoms with van der Waals surface area (Å²) < 4.78 is 5.02. The molecule has 1 fully saturated rings. The SMILES string of the molecule is CCOC(=O)c1ccc2c(Cl)cc(C3(C)CC3)nc2c1. The summed E-state index contributed by atoms with van der Waals surface area (Å²) in [6.45, 7) is 4.34. The number of hydrogen-bond donors (Lipinski definition) is 0. The minimum atomic E-state index is -0.324. The summed E-state index contributed by atoms with van der Waals surface area (Å²) in [6, 6.07) is 7.26. The van der Waals surface area contributed by atoms with E-state index in [2.05, 4.69) is 11.9 Å². The van der Waals surface area contributed by atoms with Crippen LogP contribution in [0.2, 0.25) is 5.02 Å². The summed E-state index contributed by atoms with van der Waals surface area (Å²) in [5.41, 5.74) is 2.43. The molecule has 1 aromatic carbocycles. The minimum absolute atomic E-state index is 0.151. The van der Waals surface area contributed by atoms with Crippen LogP contribution in [0.5, 0.6) is 0 Å². The smallest absolute Gasteiger partial charge is 0.338 e. The fourth-order valence-electron chi connectivity index (χ4n) is 2.28. The zero-order valence-electron chi connectivity index (χ0n) is 11.6. The van der Waals surface area contributed by atoms with Crippen LogP contribution < -0.4 is 0 Å². The first kappa shape index (κ1) is 13.4. The van der Waals surface area contributed by atoms with Gasteiger partial charge in [0.15, 0.2) is 0 Å². The van der Waals surface area contributed by atoms with Gasteiger partial charge >= 0.3 is 5.97 Å². The van der Waals surface area contributed by atoms with E-state index in [1.807, 2.05) is 12.1 Å². The molecule has 0 spiro atoms. The number of fused-ring (bicyclic) bond motifs is 1. The number of carbonyl (C=O) groups excluding carboxylic acids is 1. The molecule has 1 aliphatic carbocycles. The van der Waals surface area contributed by atoms with Crippen LogP contribution in [0, 0.1) is 0 Å². The molecule has 0 N–H and O–H groups in total. The van der Waals surface area contributed by atoms with Crippen LogP contribution in [0.3, 0.4) is 0 Å². The molecule has 1 heterocycles. The first-order chi connectivity index (χ1) is 9.53. The highest BCUT2D eigenvalue weighted by atomic mass is 35.5. The van der Waals surface area contributed by atoms with Crippen LogP contribution in [0.25, 0.3) is 10.9 Å². The average molecular weight is 290 g/mol. The second-order valence-electron chi connectivity index (χ2n) is 5.50. The lowest BCUT2D eigenvalue weighted by atomic mass is 10.0. The van der Waals surface area contributed by atoms with Gasteiger partial charge in [-0.25, -0.2) is 4.79 Å². The molecule has 0 unspecified atom stereocenters. The van der Waals surface area contributed by atoms with Crippen molar-refractivity contribution in [3.05, 3.63) is 40.5 Å². The van der Waals surface area contributed by atoms with Crippen LogP contribution >= 0.6 is 11.6 Å². The van der Waals surface area contributed by atoms with Crippen molar-refractivity contribution in [2.45, 2.75) is 32.1 Å². The molecule has 104 valence electrons. The number of esters is 1. The van der Waals surface area contributed by atoms with Crippen molar-refractivity contribution in [1.29, 1.82) is 0 Å². The Hall–Kier alpha value is -1.61. The summed E-state index contributed by atoms with van der Waals surface area (Å²) in [4.78, 5) is 16.5. The van der Waals surface area contributed by atoms with Crippen molar-refractivity contribution in [2.24, 2.45) is 0 Å². The van der Waals surface area contributed by atoms with Crippen LogP contribution in [0.1, 0.15) is 42.7 Å². The molecule has 1 aromatic heterocycles. The molecule has 4 heteroatoms. The molecule has 3 nitrogen and oxygen atoms in total. The van der Waals surface area contributed by atoms with E-state index in [1.54, 1.807) is 19.1 Å². The van der Waals surface area contributed by atoms with Crippen LogP contribution in [0.15, 0.2) is 24.3 Å². The standard InChI is InChI=1S/C16H16ClNO2/c1-3-20-15(19)10-4-5-11-12(17)9-14(16(2)6-7-16)18-13(11)8-10/h4-5,8-9H,3,6-7H2,1-2H3. The van der Waals surface area contributed by atoms with E-state index in [-0.39, 0.29) is 11.4 Å². The zero-order valence-corrected chi connectivity index (χ0v) is 12.3. The number of ether oxygens (including phenoxy) is 1. The molecule has 0 bridgehead atoms. The molecule has 3 rings (SSSR count). The third-order valence-corrected chi connectivity index (χ3v) is 4.20. The van der Waals surface area contributed by atoms with Gasteiger partial charge in [-0.2, -0.15) is 0 Å². The van der Waals surface area contributed by atoms with E-state index in [0.717, 1.165) is 29.4 Å². The van der Waals surface area contributed by atoms with Gasteiger partial charge in [0.1, 0.15) is 0 Å². The van der Waals surface area contributed by atoms with Crippen molar-refractivity contribution < 1.29 is 9.53 Å². The molecule has 1 aliphatic rings. The van der Waals surface area contributed by atoms with E-state index in [1.165, 1.54) is 0 Å². The van der Waals surface area contributed by atoms with Crippen molar-refractivity contribution >= 4 is 28.5 Å². The summed E-state index contributed by atoms with van der Waals surface area (Å²) in [6.07, 6.45) is 2.28. The maximum absolute atomic E-state index is 11.8. The Bertz CT molecular complexity index is 692. The maximum atomic E-state index is 11.8. The molecule has 0 saturated heterocycles. The number of benzene rings is 1. The number of nitrogens with zero attached hydrogens (tertiary/aromatic N) is 1. The fourth-order valence-corrected chi connectivity index (χ4v) is 2.54. The van der Waals surface area contributed by atoms with E-state index in [9.17, 15) is 4.79 Å². The number of pyridine rings is 1. The van der Waals surface area contributed by atoms with Gasteiger partial charge in [-0.1, -0.05) is 24.6 Å². The van der Waals surface area contributed by atoms with Gasteiger partial charge in [-0.15, -0.1) is 0 Å². The summed E-state index contributed by atoms with van der Waals surface area (Å²) >= 11 is 6.33. The number of hydrogen-bond acceptors (Lipinski definition) is 3. The Kier molecular flexibility index (Phi) is 3.17. The second kappa shape index (κ2) is 4.74. The maximum Gasteiger partial charge on any atom is 0.338 e. The average Bonchev–Trinajstić information content (AvgIpc) is 3.17. The lowest BCUT2D eigenvalue weighted by Crippen LogP contribution is -2.06. The highest BCUT2D eigenvalue weighted by Gasteiger charge is 2.40. The molecule has 2 aromatic rings. The van der Waals surface area contributed by atoms with Crippen LogP contribution in [0.4, 0.5) is 0 Å². The summed E-state index contributed by atoms with van der Waals surface area (Å²) in [5.74, 6) is -0.324. The molecular formula is C16H16ClNO2. The van der Waals surface area contributed by atoms with Gasteiger partial charge in [-0.3, -0.25) is 4.98 Å². The number of halogens is 1.